The maximum Gasteiger partial charge on any atom is 0.387 e. The van der Waals surface area contributed by atoms with Gasteiger partial charge in [-0.05, 0) is 41.5 Å². The number of nitrogens with one attached hydrogen (secondary N) is 2. The van der Waals surface area contributed by atoms with Crippen LogP contribution in [0, 0.1) is 17.1 Å². The SMILES string of the molecule is N#Cc1ccc(NS(=O)(=O)c2c[nH]cc2Cc2cccc(OC(F)F)c2)c(F)c1. The van der Waals surface area contributed by atoms with Crippen molar-refractivity contribution < 1.29 is 26.3 Å². The topological polar surface area (TPSA) is 95.0 Å². The molecule has 0 unspecified atom stereocenters. The first-order chi connectivity index (χ1) is 13.8. The van der Waals surface area contributed by atoms with Crippen LogP contribution in [0.2, 0.25) is 0 Å². The zero-order valence-electron chi connectivity index (χ0n) is 14.7. The quantitative estimate of drug-likeness (QED) is 0.602. The number of aromatic nitrogens is 1. The van der Waals surface area contributed by atoms with Gasteiger partial charge in [0.15, 0.2) is 0 Å². The van der Waals surface area contributed by atoms with Crippen molar-refractivity contribution in [3.05, 3.63) is 77.4 Å². The van der Waals surface area contributed by atoms with Gasteiger partial charge in [0.2, 0.25) is 0 Å². The van der Waals surface area contributed by atoms with E-state index in [-0.39, 0.29) is 28.3 Å². The minimum atomic E-state index is -4.15. The monoisotopic (exact) mass is 421 g/mol. The number of halogens is 3. The molecule has 2 N–H and O–H groups in total. The van der Waals surface area contributed by atoms with E-state index in [9.17, 15) is 21.6 Å². The average Bonchev–Trinajstić information content (AvgIpc) is 3.12. The molecule has 0 saturated heterocycles. The van der Waals surface area contributed by atoms with Gasteiger partial charge in [0.25, 0.3) is 10.0 Å². The first kappa shape index (κ1) is 20.3. The van der Waals surface area contributed by atoms with Gasteiger partial charge in [-0.1, -0.05) is 12.1 Å². The Hall–Kier alpha value is -3.45. The number of anilines is 1. The first-order valence-corrected chi connectivity index (χ1v) is 9.68. The lowest BCUT2D eigenvalue weighted by atomic mass is 10.1. The Bertz CT molecular complexity index is 1170. The maximum absolute atomic E-state index is 14.0. The fraction of sp³-hybridized carbons (Fsp3) is 0.105. The Morgan fingerprint density at radius 2 is 1.97 bits per heavy atom. The highest BCUT2D eigenvalue weighted by Gasteiger charge is 2.21. The lowest BCUT2D eigenvalue weighted by Crippen LogP contribution is -2.15. The summed E-state index contributed by atoms with van der Waals surface area (Å²) >= 11 is 0. The lowest BCUT2D eigenvalue weighted by molar-refractivity contribution is -0.0498. The molecule has 0 spiro atoms. The number of nitrogens with zero attached hydrogens (tertiary/aromatic N) is 1. The van der Waals surface area contributed by atoms with Gasteiger partial charge in [-0.25, -0.2) is 12.8 Å². The van der Waals surface area contributed by atoms with Crippen molar-refractivity contribution in [1.82, 2.24) is 4.98 Å². The van der Waals surface area contributed by atoms with Gasteiger partial charge in [-0.15, -0.1) is 0 Å². The van der Waals surface area contributed by atoms with E-state index >= 15 is 0 Å². The molecule has 1 heterocycles. The van der Waals surface area contributed by atoms with E-state index in [4.69, 9.17) is 5.26 Å². The second-order valence-electron chi connectivity index (χ2n) is 5.96. The number of hydrogen-bond donors (Lipinski definition) is 2. The number of benzene rings is 2. The number of nitriles is 1. The largest absolute Gasteiger partial charge is 0.435 e. The Morgan fingerprint density at radius 3 is 2.66 bits per heavy atom. The number of alkyl halides is 2. The van der Waals surface area contributed by atoms with Crippen molar-refractivity contribution in [2.75, 3.05) is 4.72 Å². The van der Waals surface area contributed by atoms with Crippen molar-refractivity contribution in [3.8, 4) is 11.8 Å². The standard InChI is InChI=1S/C19H14F3N3O3S/c20-16-8-13(9-23)4-5-17(16)25-29(26,27)18-11-24-10-14(18)6-12-2-1-3-15(7-12)28-19(21)22/h1-5,7-8,10-11,19,24-25H,6H2. The Labute approximate surface area is 164 Å². The minimum absolute atomic E-state index is 0.0461. The number of sulfonamides is 1. The van der Waals surface area contributed by atoms with Gasteiger partial charge < -0.3 is 9.72 Å². The van der Waals surface area contributed by atoms with Crippen LogP contribution in [-0.2, 0) is 16.4 Å². The van der Waals surface area contributed by atoms with Crippen LogP contribution in [-0.4, -0.2) is 20.0 Å². The molecule has 150 valence electrons. The van der Waals surface area contributed by atoms with Crippen LogP contribution in [0.4, 0.5) is 18.9 Å². The van der Waals surface area contributed by atoms with Crippen LogP contribution in [0.5, 0.6) is 5.75 Å². The van der Waals surface area contributed by atoms with Crippen LogP contribution < -0.4 is 9.46 Å². The lowest BCUT2D eigenvalue weighted by Gasteiger charge is -2.11. The summed E-state index contributed by atoms with van der Waals surface area (Å²) in [6, 6.07) is 11.0. The smallest absolute Gasteiger partial charge is 0.387 e. The number of rotatable bonds is 7. The summed E-state index contributed by atoms with van der Waals surface area (Å²) in [6.45, 7) is -2.97. The van der Waals surface area contributed by atoms with Crippen molar-refractivity contribution in [3.63, 3.8) is 0 Å². The molecule has 29 heavy (non-hydrogen) atoms. The van der Waals surface area contributed by atoms with Crippen LogP contribution >= 0.6 is 0 Å². The molecule has 0 bridgehead atoms. The first-order valence-electron chi connectivity index (χ1n) is 8.20. The third-order valence-electron chi connectivity index (χ3n) is 3.94. The van der Waals surface area contributed by atoms with Crippen molar-refractivity contribution in [2.45, 2.75) is 17.9 Å². The molecule has 10 heteroatoms. The van der Waals surface area contributed by atoms with Gasteiger partial charge in [-0.2, -0.15) is 14.0 Å². The third kappa shape index (κ3) is 4.89. The van der Waals surface area contributed by atoms with Gasteiger partial charge in [0, 0.05) is 18.8 Å². The van der Waals surface area contributed by atoms with Crippen LogP contribution in [0.25, 0.3) is 0 Å². The van der Waals surface area contributed by atoms with E-state index in [2.05, 4.69) is 14.4 Å². The fourth-order valence-corrected chi connectivity index (χ4v) is 3.95. The number of hydrogen-bond acceptors (Lipinski definition) is 4. The molecule has 0 atom stereocenters. The fourth-order valence-electron chi connectivity index (χ4n) is 2.69. The number of aromatic amines is 1. The zero-order valence-corrected chi connectivity index (χ0v) is 15.5. The van der Waals surface area contributed by atoms with Crippen LogP contribution in [0.3, 0.4) is 0 Å². The molecule has 0 fully saturated rings. The Balaban J connectivity index is 1.85. The van der Waals surface area contributed by atoms with Gasteiger partial charge >= 0.3 is 6.61 Å². The second kappa shape index (κ2) is 8.28. The highest BCUT2D eigenvalue weighted by atomic mass is 32.2. The molecule has 0 aliphatic heterocycles. The van der Waals surface area contributed by atoms with Gasteiger partial charge in [0.1, 0.15) is 16.5 Å². The molecule has 3 aromatic rings. The van der Waals surface area contributed by atoms with Crippen LogP contribution in [0.15, 0.2) is 59.8 Å². The third-order valence-corrected chi connectivity index (χ3v) is 5.39. The summed E-state index contributed by atoms with van der Waals surface area (Å²) in [4.78, 5) is 2.56. The van der Waals surface area contributed by atoms with Gasteiger partial charge in [0.05, 0.1) is 17.3 Å². The molecular formula is C19H14F3N3O3S. The molecule has 0 amide bonds. The molecule has 1 aromatic heterocycles. The van der Waals surface area contributed by atoms with E-state index in [0.29, 0.717) is 11.1 Å². The highest BCUT2D eigenvalue weighted by molar-refractivity contribution is 7.92. The molecule has 0 aliphatic carbocycles. The zero-order chi connectivity index (χ0) is 21.0. The van der Waals surface area contributed by atoms with E-state index in [1.165, 1.54) is 36.7 Å². The molecule has 6 nitrogen and oxygen atoms in total. The summed E-state index contributed by atoms with van der Waals surface area (Å²) in [6.07, 6.45) is 2.79. The summed E-state index contributed by atoms with van der Waals surface area (Å²) in [7, 11) is -4.15. The summed E-state index contributed by atoms with van der Waals surface area (Å²) in [5.74, 6) is -0.934. The van der Waals surface area contributed by atoms with E-state index in [1.807, 2.05) is 0 Å². The number of H-pyrrole nitrogens is 1. The molecule has 0 radical (unpaired) electrons. The maximum atomic E-state index is 14.0. The molecule has 0 saturated carbocycles. The highest BCUT2D eigenvalue weighted by Crippen LogP contribution is 2.25. The number of ether oxygens (including phenoxy) is 1. The van der Waals surface area contributed by atoms with Crippen molar-refractivity contribution in [2.24, 2.45) is 0 Å². The minimum Gasteiger partial charge on any atom is -0.435 e. The summed E-state index contributed by atoms with van der Waals surface area (Å²) < 4.78 is 70.7. The predicted octanol–water partition coefficient (Wildman–Crippen LogP) is 4.02. The average molecular weight is 421 g/mol. The Morgan fingerprint density at radius 1 is 1.17 bits per heavy atom. The molecular weight excluding hydrogens is 407 g/mol. The summed E-state index contributed by atoms with van der Waals surface area (Å²) in [5.41, 5.74) is 0.645. The molecule has 2 aromatic carbocycles. The van der Waals surface area contributed by atoms with Crippen LogP contribution in [0.1, 0.15) is 16.7 Å². The normalized spacial score (nSPS) is 11.3. The summed E-state index contributed by atoms with van der Waals surface area (Å²) in [5, 5.41) is 8.77. The predicted molar refractivity (Wildman–Crippen MR) is 98.6 cm³/mol. The van der Waals surface area contributed by atoms with E-state index in [0.717, 1.165) is 12.1 Å². The van der Waals surface area contributed by atoms with E-state index in [1.54, 1.807) is 12.1 Å². The van der Waals surface area contributed by atoms with Gasteiger partial charge in [-0.3, -0.25) is 4.72 Å². The Kier molecular flexibility index (Phi) is 5.79. The van der Waals surface area contributed by atoms with Crippen molar-refractivity contribution in [1.29, 1.82) is 5.26 Å². The van der Waals surface area contributed by atoms with E-state index < -0.39 is 22.5 Å². The molecule has 3 rings (SSSR count). The second-order valence-corrected chi connectivity index (χ2v) is 7.61. The van der Waals surface area contributed by atoms with Crippen molar-refractivity contribution >= 4 is 15.7 Å². The molecule has 0 aliphatic rings.